The highest BCUT2D eigenvalue weighted by atomic mass is 19.1. The molecule has 0 aliphatic carbocycles. The summed E-state index contributed by atoms with van der Waals surface area (Å²) in [6.45, 7) is 4.13. The van der Waals surface area contributed by atoms with Gasteiger partial charge in [-0.3, -0.25) is 10.1 Å². The summed E-state index contributed by atoms with van der Waals surface area (Å²) in [6, 6.07) is 5.84. The number of aryl methyl sites for hydroxylation is 1. The number of nitrogens with one attached hydrogen (secondary N) is 1. The van der Waals surface area contributed by atoms with Gasteiger partial charge in [-0.2, -0.15) is 0 Å². The van der Waals surface area contributed by atoms with Gasteiger partial charge in [0.25, 0.3) is 5.69 Å². The summed E-state index contributed by atoms with van der Waals surface area (Å²) in [5, 5.41) is 13.5. The summed E-state index contributed by atoms with van der Waals surface area (Å²) in [5.41, 5.74) is 0.821. The summed E-state index contributed by atoms with van der Waals surface area (Å²) in [7, 11) is 0. The molecule has 2 aromatic rings. The maximum Gasteiger partial charge on any atom is 0.269 e. The molecule has 7 heteroatoms. The van der Waals surface area contributed by atoms with E-state index >= 15 is 0 Å². The maximum absolute atomic E-state index is 13.9. The number of anilines is 1. The van der Waals surface area contributed by atoms with Gasteiger partial charge in [0.05, 0.1) is 10.6 Å². The zero-order valence-electron chi connectivity index (χ0n) is 11.8. The van der Waals surface area contributed by atoms with Crippen molar-refractivity contribution in [2.24, 2.45) is 0 Å². The van der Waals surface area contributed by atoms with Crippen molar-refractivity contribution in [1.82, 2.24) is 9.97 Å². The predicted molar refractivity (Wildman–Crippen MR) is 77.6 cm³/mol. The molecular weight excluding hydrogens is 275 g/mol. The fourth-order valence-electron chi connectivity index (χ4n) is 1.78. The Morgan fingerprint density at radius 1 is 1.29 bits per heavy atom. The van der Waals surface area contributed by atoms with E-state index in [2.05, 4.69) is 15.3 Å². The zero-order chi connectivity index (χ0) is 15.4. The summed E-state index contributed by atoms with van der Waals surface area (Å²) >= 11 is 0. The van der Waals surface area contributed by atoms with E-state index < -0.39 is 10.7 Å². The number of nitrogens with zero attached hydrogens (tertiary/aromatic N) is 3. The Balaban J connectivity index is 2.39. The van der Waals surface area contributed by atoms with Crippen LogP contribution < -0.4 is 5.32 Å². The molecule has 0 atom stereocenters. The van der Waals surface area contributed by atoms with Crippen LogP contribution in [0, 0.1) is 22.9 Å². The van der Waals surface area contributed by atoms with Crippen LogP contribution in [-0.4, -0.2) is 21.4 Å². The minimum atomic E-state index is -0.478. The van der Waals surface area contributed by atoms with Crippen molar-refractivity contribution < 1.29 is 9.31 Å². The van der Waals surface area contributed by atoms with Crippen LogP contribution >= 0.6 is 0 Å². The molecule has 2 rings (SSSR count). The van der Waals surface area contributed by atoms with Gasteiger partial charge in [-0.1, -0.05) is 6.92 Å². The first kappa shape index (κ1) is 14.8. The van der Waals surface area contributed by atoms with Gasteiger partial charge in [0.2, 0.25) is 0 Å². The number of aromatic nitrogens is 2. The molecule has 1 N–H and O–H groups in total. The molecule has 21 heavy (non-hydrogen) atoms. The fourth-order valence-corrected chi connectivity index (χ4v) is 1.78. The van der Waals surface area contributed by atoms with Gasteiger partial charge in [0.1, 0.15) is 0 Å². The molecule has 6 nitrogen and oxygen atoms in total. The highest BCUT2D eigenvalue weighted by molar-refractivity contribution is 5.59. The molecular formula is C14H15FN4O2. The lowest BCUT2D eigenvalue weighted by atomic mass is 10.2. The third kappa shape index (κ3) is 3.31. The second-order valence-corrected chi connectivity index (χ2v) is 4.53. The van der Waals surface area contributed by atoms with Gasteiger partial charge >= 0.3 is 0 Å². The lowest BCUT2D eigenvalue weighted by molar-refractivity contribution is -0.384. The lowest BCUT2D eigenvalue weighted by Crippen LogP contribution is -2.08. The Labute approximate surface area is 121 Å². The molecule has 0 amide bonds. The number of nitro groups is 1. The zero-order valence-corrected chi connectivity index (χ0v) is 11.8. The summed E-state index contributed by atoms with van der Waals surface area (Å²) < 4.78 is 13.9. The number of hydrogen-bond acceptors (Lipinski definition) is 5. The first-order valence-electron chi connectivity index (χ1n) is 6.55. The Bertz CT molecular complexity index is 659. The summed E-state index contributed by atoms with van der Waals surface area (Å²) in [4.78, 5) is 18.4. The van der Waals surface area contributed by atoms with Gasteiger partial charge in [0, 0.05) is 24.2 Å². The van der Waals surface area contributed by atoms with E-state index in [-0.39, 0.29) is 17.2 Å². The molecule has 1 aromatic heterocycles. The van der Waals surface area contributed by atoms with E-state index in [0.717, 1.165) is 6.42 Å². The van der Waals surface area contributed by atoms with Crippen molar-refractivity contribution in [3.8, 4) is 11.4 Å². The van der Waals surface area contributed by atoms with Crippen LogP contribution in [0.4, 0.5) is 15.9 Å². The van der Waals surface area contributed by atoms with Crippen molar-refractivity contribution in [3.63, 3.8) is 0 Å². The molecule has 0 saturated carbocycles. The van der Waals surface area contributed by atoms with Gasteiger partial charge in [-0.15, -0.1) is 0 Å². The molecule has 0 unspecified atom stereocenters. The van der Waals surface area contributed by atoms with Crippen LogP contribution in [0.5, 0.6) is 0 Å². The molecule has 0 spiro atoms. The number of rotatable bonds is 5. The molecule has 0 aliphatic heterocycles. The van der Waals surface area contributed by atoms with Crippen LogP contribution in [0.2, 0.25) is 0 Å². The molecule has 1 heterocycles. The number of non-ortho nitro benzene ring substituents is 1. The minimum absolute atomic E-state index is 0.0121. The van der Waals surface area contributed by atoms with E-state index in [4.69, 9.17) is 0 Å². The molecule has 0 radical (unpaired) electrons. The number of nitro benzene ring substituents is 1. The van der Waals surface area contributed by atoms with Crippen LogP contribution in [0.25, 0.3) is 11.4 Å². The Hall–Kier alpha value is -2.57. The Morgan fingerprint density at radius 3 is 2.52 bits per heavy atom. The van der Waals surface area contributed by atoms with Crippen LogP contribution in [0.15, 0.2) is 24.3 Å². The fraction of sp³-hybridized carbons (Fsp3) is 0.286. The average Bonchev–Trinajstić information content (AvgIpc) is 2.48. The van der Waals surface area contributed by atoms with Gasteiger partial charge in [0.15, 0.2) is 17.5 Å². The topological polar surface area (TPSA) is 81.0 Å². The van der Waals surface area contributed by atoms with E-state index in [1.807, 2.05) is 6.92 Å². The number of benzene rings is 1. The van der Waals surface area contributed by atoms with Gasteiger partial charge in [-0.05, 0) is 25.5 Å². The van der Waals surface area contributed by atoms with Crippen molar-refractivity contribution in [3.05, 3.63) is 45.9 Å². The van der Waals surface area contributed by atoms with Crippen LogP contribution in [0.1, 0.15) is 19.0 Å². The third-order valence-corrected chi connectivity index (χ3v) is 2.90. The Morgan fingerprint density at radius 2 is 1.95 bits per heavy atom. The monoisotopic (exact) mass is 290 g/mol. The SMILES string of the molecule is CCCNc1nc(-c2ccc([N+](=O)[O-])cc2)nc(C)c1F. The largest absolute Gasteiger partial charge is 0.368 e. The van der Waals surface area contributed by atoms with E-state index in [9.17, 15) is 14.5 Å². The highest BCUT2D eigenvalue weighted by Gasteiger charge is 2.13. The molecule has 0 fully saturated rings. The minimum Gasteiger partial charge on any atom is -0.368 e. The van der Waals surface area contributed by atoms with Gasteiger partial charge < -0.3 is 5.32 Å². The molecule has 0 saturated heterocycles. The van der Waals surface area contributed by atoms with E-state index in [1.165, 1.54) is 12.1 Å². The number of hydrogen-bond donors (Lipinski definition) is 1. The van der Waals surface area contributed by atoms with Crippen molar-refractivity contribution in [2.45, 2.75) is 20.3 Å². The standard InChI is InChI=1S/C14H15FN4O2/c1-3-8-16-14-12(15)9(2)17-13(18-14)10-4-6-11(7-5-10)19(20)21/h4-7H,3,8H2,1-2H3,(H,16,17,18). The van der Waals surface area contributed by atoms with Crippen LogP contribution in [-0.2, 0) is 0 Å². The molecule has 110 valence electrons. The van der Waals surface area contributed by atoms with E-state index in [1.54, 1.807) is 19.1 Å². The van der Waals surface area contributed by atoms with Crippen molar-refractivity contribution in [1.29, 1.82) is 0 Å². The molecule has 1 aromatic carbocycles. The third-order valence-electron chi connectivity index (χ3n) is 2.90. The molecule has 0 aliphatic rings. The maximum atomic E-state index is 13.9. The lowest BCUT2D eigenvalue weighted by Gasteiger charge is -2.09. The van der Waals surface area contributed by atoms with Crippen LogP contribution in [0.3, 0.4) is 0 Å². The van der Waals surface area contributed by atoms with Crippen molar-refractivity contribution >= 4 is 11.5 Å². The normalized spacial score (nSPS) is 10.4. The second kappa shape index (κ2) is 6.25. The Kier molecular flexibility index (Phi) is 4.42. The van der Waals surface area contributed by atoms with Crippen molar-refractivity contribution in [2.75, 3.05) is 11.9 Å². The molecule has 0 bridgehead atoms. The first-order chi connectivity index (χ1) is 10.0. The van der Waals surface area contributed by atoms with E-state index in [0.29, 0.717) is 17.9 Å². The summed E-state index contributed by atoms with van der Waals surface area (Å²) in [6.07, 6.45) is 0.843. The average molecular weight is 290 g/mol. The first-order valence-corrected chi connectivity index (χ1v) is 6.55. The van der Waals surface area contributed by atoms with Gasteiger partial charge in [-0.25, -0.2) is 14.4 Å². The highest BCUT2D eigenvalue weighted by Crippen LogP contribution is 2.23. The predicted octanol–water partition coefficient (Wildman–Crippen LogP) is 3.32. The smallest absolute Gasteiger partial charge is 0.269 e. The second-order valence-electron chi connectivity index (χ2n) is 4.53. The quantitative estimate of drug-likeness (QED) is 0.674. The number of halogens is 1. The summed E-state index contributed by atoms with van der Waals surface area (Å²) in [5.74, 6) is 0.00853.